The van der Waals surface area contributed by atoms with Crippen molar-refractivity contribution >= 4 is 6.09 Å². The Kier molecular flexibility index (Phi) is 5.66. The number of likely N-dealkylation sites (tertiary alicyclic amines) is 1. The summed E-state index contributed by atoms with van der Waals surface area (Å²) in [6.07, 6.45) is 4.89. The van der Waals surface area contributed by atoms with Crippen LogP contribution in [0.4, 0.5) is 4.79 Å². The van der Waals surface area contributed by atoms with Crippen LogP contribution in [0.2, 0.25) is 0 Å². The molecular formula is C14H26N2O2. The molecule has 0 radical (unpaired) electrons. The van der Waals surface area contributed by atoms with Gasteiger partial charge in [-0.2, -0.15) is 0 Å². The van der Waals surface area contributed by atoms with Gasteiger partial charge in [0.25, 0.3) is 0 Å². The molecular weight excluding hydrogens is 228 g/mol. The molecule has 4 heteroatoms. The molecule has 0 aromatic rings. The minimum Gasteiger partial charge on any atom is -0.444 e. The lowest BCUT2D eigenvalue weighted by molar-refractivity contribution is 0.0291. The lowest BCUT2D eigenvalue weighted by atomic mass is 10.2. The Hall–Kier alpha value is -1.03. The summed E-state index contributed by atoms with van der Waals surface area (Å²) >= 11 is 0. The summed E-state index contributed by atoms with van der Waals surface area (Å²) in [5, 5.41) is 3.47. The average molecular weight is 254 g/mol. The third-order valence-corrected chi connectivity index (χ3v) is 2.86. The van der Waals surface area contributed by atoms with Crippen LogP contribution in [-0.4, -0.2) is 42.3 Å². The number of hydrogen-bond acceptors (Lipinski definition) is 3. The fraction of sp³-hybridized carbons (Fsp3) is 0.786. The van der Waals surface area contributed by atoms with Crippen molar-refractivity contribution in [1.82, 2.24) is 10.2 Å². The van der Waals surface area contributed by atoms with Crippen LogP contribution < -0.4 is 5.32 Å². The smallest absolute Gasteiger partial charge is 0.410 e. The highest BCUT2D eigenvalue weighted by molar-refractivity contribution is 5.68. The molecule has 0 bridgehead atoms. The molecule has 1 rings (SSSR count). The molecule has 1 fully saturated rings. The molecule has 1 aliphatic rings. The van der Waals surface area contributed by atoms with Crippen molar-refractivity contribution in [2.24, 2.45) is 0 Å². The standard InChI is InChI=1S/C14H26N2O2/c1-5-6-7-9-15-12-8-10-16(11-12)13(17)18-14(2,3)4/h5,12,15H,1,6-11H2,2-4H3/t12-/m1/s1. The van der Waals surface area contributed by atoms with Crippen molar-refractivity contribution in [3.05, 3.63) is 12.7 Å². The molecule has 0 aliphatic carbocycles. The van der Waals surface area contributed by atoms with E-state index in [-0.39, 0.29) is 6.09 Å². The van der Waals surface area contributed by atoms with Gasteiger partial charge in [-0.05, 0) is 46.6 Å². The van der Waals surface area contributed by atoms with E-state index < -0.39 is 5.60 Å². The third kappa shape index (κ3) is 5.54. The van der Waals surface area contributed by atoms with E-state index in [9.17, 15) is 4.79 Å². The Morgan fingerprint density at radius 1 is 1.56 bits per heavy atom. The summed E-state index contributed by atoms with van der Waals surface area (Å²) in [6, 6.07) is 0.405. The monoisotopic (exact) mass is 254 g/mol. The third-order valence-electron chi connectivity index (χ3n) is 2.86. The van der Waals surface area contributed by atoms with E-state index in [1.807, 2.05) is 26.8 Å². The highest BCUT2D eigenvalue weighted by Crippen LogP contribution is 2.15. The quantitative estimate of drug-likeness (QED) is 0.605. The number of hydrogen-bond donors (Lipinski definition) is 1. The van der Waals surface area contributed by atoms with Crippen LogP contribution in [0.3, 0.4) is 0 Å². The molecule has 1 N–H and O–H groups in total. The SMILES string of the molecule is C=CCCCN[C@@H]1CCN(C(=O)OC(C)(C)C)C1. The van der Waals surface area contributed by atoms with E-state index in [4.69, 9.17) is 4.74 Å². The lowest BCUT2D eigenvalue weighted by Gasteiger charge is -2.24. The number of nitrogens with zero attached hydrogens (tertiary/aromatic N) is 1. The van der Waals surface area contributed by atoms with Crippen molar-refractivity contribution in [3.8, 4) is 0 Å². The Balaban J connectivity index is 2.24. The number of nitrogens with one attached hydrogen (secondary N) is 1. The first-order valence-corrected chi connectivity index (χ1v) is 6.74. The van der Waals surface area contributed by atoms with Gasteiger partial charge in [-0.15, -0.1) is 6.58 Å². The lowest BCUT2D eigenvalue weighted by Crippen LogP contribution is -2.38. The van der Waals surface area contributed by atoms with Gasteiger partial charge in [0, 0.05) is 19.1 Å². The van der Waals surface area contributed by atoms with Gasteiger partial charge in [-0.1, -0.05) is 6.08 Å². The Morgan fingerprint density at radius 3 is 2.89 bits per heavy atom. The zero-order valence-electron chi connectivity index (χ0n) is 11.9. The molecule has 1 heterocycles. The summed E-state index contributed by atoms with van der Waals surface area (Å²) in [7, 11) is 0. The zero-order valence-corrected chi connectivity index (χ0v) is 11.9. The van der Waals surface area contributed by atoms with Gasteiger partial charge in [0.05, 0.1) is 0 Å². The summed E-state index contributed by atoms with van der Waals surface area (Å²) < 4.78 is 5.36. The minimum absolute atomic E-state index is 0.196. The number of carbonyl (C=O) groups excluding carboxylic acids is 1. The van der Waals surface area contributed by atoms with Gasteiger partial charge in [0.15, 0.2) is 0 Å². The van der Waals surface area contributed by atoms with Crippen LogP contribution in [0.15, 0.2) is 12.7 Å². The Morgan fingerprint density at radius 2 is 2.28 bits per heavy atom. The van der Waals surface area contributed by atoms with Crippen LogP contribution in [0, 0.1) is 0 Å². The molecule has 1 aliphatic heterocycles. The highest BCUT2D eigenvalue weighted by atomic mass is 16.6. The normalized spacial score (nSPS) is 19.9. The van der Waals surface area contributed by atoms with E-state index in [2.05, 4.69) is 11.9 Å². The summed E-state index contributed by atoms with van der Waals surface area (Å²) in [4.78, 5) is 13.6. The molecule has 1 amide bonds. The van der Waals surface area contributed by atoms with Crippen molar-refractivity contribution in [3.63, 3.8) is 0 Å². The Labute approximate surface area is 110 Å². The first kappa shape index (κ1) is 15.0. The number of allylic oxidation sites excluding steroid dienone is 1. The average Bonchev–Trinajstić information content (AvgIpc) is 2.71. The molecule has 1 atom stereocenters. The first-order valence-electron chi connectivity index (χ1n) is 6.74. The number of carbonyl (C=O) groups is 1. The van der Waals surface area contributed by atoms with Gasteiger partial charge >= 0.3 is 6.09 Å². The molecule has 0 aromatic heterocycles. The molecule has 104 valence electrons. The number of unbranched alkanes of at least 4 members (excludes halogenated alkanes) is 1. The van der Waals surface area contributed by atoms with Crippen LogP contribution >= 0.6 is 0 Å². The largest absolute Gasteiger partial charge is 0.444 e. The topological polar surface area (TPSA) is 41.6 Å². The van der Waals surface area contributed by atoms with Gasteiger partial charge in [-0.25, -0.2) is 4.79 Å². The molecule has 0 saturated carbocycles. The van der Waals surface area contributed by atoms with E-state index in [0.29, 0.717) is 6.04 Å². The van der Waals surface area contributed by atoms with Gasteiger partial charge in [0.1, 0.15) is 5.60 Å². The maximum atomic E-state index is 11.8. The van der Waals surface area contributed by atoms with Gasteiger partial charge in [-0.3, -0.25) is 0 Å². The second-order valence-corrected chi connectivity index (χ2v) is 5.80. The second-order valence-electron chi connectivity index (χ2n) is 5.80. The minimum atomic E-state index is -0.410. The zero-order chi connectivity index (χ0) is 13.6. The summed E-state index contributed by atoms with van der Waals surface area (Å²) in [6.45, 7) is 11.9. The fourth-order valence-corrected chi connectivity index (χ4v) is 1.97. The van der Waals surface area contributed by atoms with Crippen LogP contribution in [0.25, 0.3) is 0 Å². The van der Waals surface area contributed by atoms with Gasteiger partial charge in [0.2, 0.25) is 0 Å². The summed E-state index contributed by atoms with van der Waals surface area (Å²) in [5.41, 5.74) is -0.410. The number of amides is 1. The predicted molar refractivity (Wildman–Crippen MR) is 73.6 cm³/mol. The molecule has 1 saturated heterocycles. The van der Waals surface area contributed by atoms with Crippen LogP contribution in [0.1, 0.15) is 40.0 Å². The molecule has 0 unspecified atom stereocenters. The van der Waals surface area contributed by atoms with Gasteiger partial charge < -0.3 is 15.0 Å². The first-order chi connectivity index (χ1) is 8.42. The van der Waals surface area contributed by atoms with Crippen molar-refractivity contribution in [2.45, 2.75) is 51.7 Å². The number of ether oxygens (including phenoxy) is 1. The van der Waals surface area contributed by atoms with E-state index in [0.717, 1.165) is 38.9 Å². The van der Waals surface area contributed by atoms with E-state index >= 15 is 0 Å². The van der Waals surface area contributed by atoms with Crippen LogP contribution in [-0.2, 0) is 4.74 Å². The Bertz CT molecular complexity index is 284. The summed E-state index contributed by atoms with van der Waals surface area (Å²) in [5.74, 6) is 0. The van der Waals surface area contributed by atoms with Crippen LogP contribution in [0.5, 0.6) is 0 Å². The highest BCUT2D eigenvalue weighted by Gasteiger charge is 2.29. The molecule has 18 heavy (non-hydrogen) atoms. The maximum absolute atomic E-state index is 11.8. The van der Waals surface area contributed by atoms with Crippen molar-refractivity contribution in [2.75, 3.05) is 19.6 Å². The number of rotatable bonds is 5. The van der Waals surface area contributed by atoms with Crippen molar-refractivity contribution in [1.29, 1.82) is 0 Å². The molecule has 0 spiro atoms. The van der Waals surface area contributed by atoms with E-state index in [1.54, 1.807) is 4.90 Å². The maximum Gasteiger partial charge on any atom is 0.410 e. The van der Waals surface area contributed by atoms with Crippen molar-refractivity contribution < 1.29 is 9.53 Å². The second kappa shape index (κ2) is 6.78. The fourth-order valence-electron chi connectivity index (χ4n) is 1.97. The molecule has 0 aromatic carbocycles. The van der Waals surface area contributed by atoms with E-state index in [1.165, 1.54) is 0 Å². The molecule has 4 nitrogen and oxygen atoms in total. The predicted octanol–water partition coefficient (Wildman–Crippen LogP) is 2.55.